The van der Waals surface area contributed by atoms with Crippen molar-refractivity contribution in [3.05, 3.63) is 101 Å². The molecule has 2 aliphatic heterocycles. The van der Waals surface area contributed by atoms with Gasteiger partial charge in [-0.25, -0.2) is 0 Å². The molecule has 150 valence electrons. The minimum Gasteiger partial charge on any atom is -0.372 e. The van der Waals surface area contributed by atoms with Crippen LogP contribution in [0.1, 0.15) is 33.9 Å². The first-order valence-electron chi connectivity index (χ1n) is 10.2. The Morgan fingerprint density at radius 3 is 2.70 bits per heavy atom. The van der Waals surface area contributed by atoms with Crippen LogP contribution in [-0.2, 0) is 29.2 Å². The maximum absolute atomic E-state index is 12.7. The fraction of sp³-hybridized carbons (Fsp3) is 0.200. The van der Waals surface area contributed by atoms with Crippen LogP contribution in [0.15, 0.2) is 77.8 Å². The molecule has 2 N–H and O–H groups in total. The summed E-state index contributed by atoms with van der Waals surface area (Å²) in [5.41, 5.74) is 6.75. The number of nitrogens with one attached hydrogen (secondary N) is 2. The number of amides is 1. The lowest BCUT2D eigenvalue weighted by atomic mass is 10.00. The average Bonchev–Trinajstić information content (AvgIpc) is 3.44. The van der Waals surface area contributed by atoms with E-state index in [0.717, 1.165) is 23.2 Å². The van der Waals surface area contributed by atoms with Gasteiger partial charge in [0.25, 0.3) is 5.91 Å². The number of carbonyl (C=O) groups is 1. The first-order valence-corrected chi connectivity index (χ1v) is 10.2. The Balaban J connectivity index is 1.23. The predicted octanol–water partition coefficient (Wildman–Crippen LogP) is 3.99. The molecule has 2 heterocycles. The van der Waals surface area contributed by atoms with Crippen LogP contribution in [-0.4, -0.2) is 18.3 Å². The highest BCUT2D eigenvalue weighted by atomic mass is 16.5. The highest BCUT2D eigenvalue weighted by Gasteiger charge is 2.24. The largest absolute Gasteiger partial charge is 0.372 e. The molecule has 0 saturated carbocycles. The number of rotatable bonds is 5. The maximum atomic E-state index is 12.7. The Bertz CT molecular complexity index is 1110. The Morgan fingerprint density at radius 2 is 1.80 bits per heavy atom. The standard InChI is InChI=1S/C25H23N3O2/c29-25(27-22-10-9-20-15-30-16-21(20)13-22)24-26-14-23(28-24)19-8-4-7-18(12-19)11-17-5-2-1-3-6-17/h1-10,12-13,23H,11,14-16H2,(H,26,28)(H,27,29). The number of nitrogens with zero attached hydrogens (tertiary/aromatic N) is 1. The molecule has 1 unspecified atom stereocenters. The maximum Gasteiger partial charge on any atom is 0.290 e. The van der Waals surface area contributed by atoms with Crippen molar-refractivity contribution >= 4 is 17.4 Å². The molecular formula is C25H23N3O2. The molecule has 5 heteroatoms. The SMILES string of the molecule is O=C(Nc1ccc2c(c1)COC2)C1=NCC(c2cccc(Cc3ccccc3)c2)N1. The van der Waals surface area contributed by atoms with Crippen LogP contribution in [0, 0.1) is 0 Å². The Kier molecular flexibility index (Phi) is 5.03. The van der Waals surface area contributed by atoms with E-state index in [1.807, 2.05) is 24.3 Å². The molecule has 30 heavy (non-hydrogen) atoms. The molecule has 5 nitrogen and oxygen atoms in total. The normalized spacial score (nSPS) is 17.2. The van der Waals surface area contributed by atoms with Crippen molar-refractivity contribution in [2.24, 2.45) is 4.99 Å². The van der Waals surface area contributed by atoms with Crippen molar-refractivity contribution in [3.8, 4) is 0 Å². The first-order chi connectivity index (χ1) is 14.7. The number of hydrogen-bond donors (Lipinski definition) is 2. The molecule has 5 rings (SSSR count). The Hall–Kier alpha value is -3.44. The lowest BCUT2D eigenvalue weighted by Gasteiger charge is -2.14. The Morgan fingerprint density at radius 1 is 0.967 bits per heavy atom. The van der Waals surface area contributed by atoms with E-state index in [4.69, 9.17) is 4.74 Å². The van der Waals surface area contributed by atoms with Crippen molar-refractivity contribution in [3.63, 3.8) is 0 Å². The second kappa shape index (κ2) is 8.13. The molecule has 3 aromatic rings. The number of carbonyl (C=O) groups excluding carboxylic acids is 1. The highest BCUT2D eigenvalue weighted by molar-refractivity contribution is 6.42. The van der Waals surface area contributed by atoms with Gasteiger partial charge in [0.15, 0.2) is 5.84 Å². The second-order valence-electron chi connectivity index (χ2n) is 7.72. The summed E-state index contributed by atoms with van der Waals surface area (Å²) in [6.45, 7) is 1.79. The summed E-state index contributed by atoms with van der Waals surface area (Å²) in [6.07, 6.45) is 0.887. The number of aliphatic imine (C=N–C) groups is 1. The smallest absolute Gasteiger partial charge is 0.290 e. The fourth-order valence-corrected chi connectivity index (χ4v) is 3.96. The number of amidine groups is 1. The number of fused-ring (bicyclic) bond motifs is 1. The summed E-state index contributed by atoms with van der Waals surface area (Å²) in [7, 11) is 0. The third-order valence-corrected chi connectivity index (χ3v) is 5.54. The van der Waals surface area contributed by atoms with Gasteiger partial charge in [-0.15, -0.1) is 0 Å². The third-order valence-electron chi connectivity index (χ3n) is 5.54. The number of benzene rings is 3. The number of anilines is 1. The van der Waals surface area contributed by atoms with E-state index >= 15 is 0 Å². The van der Waals surface area contributed by atoms with Gasteiger partial charge >= 0.3 is 0 Å². The van der Waals surface area contributed by atoms with Gasteiger partial charge in [0.05, 0.1) is 25.8 Å². The van der Waals surface area contributed by atoms with E-state index in [0.29, 0.717) is 25.6 Å². The fourth-order valence-electron chi connectivity index (χ4n) is 3.96. The summed E-state index contributed by atoms with van der Waals surface area (Å²) in [5, 5.41) is 6.23. The molecule has 1 atom stereocenters. The average molecular weight is 397 g/mol. The van der Waals surface area contributed by atoms with E-state index in [1.165, 1.54) is 16.7 Å². The molecule has 0 spiro atoms. The molecule has 0 aromatic heterocycles. The predicted molar refractivity (Wildman–Crippen MR) is 117 cm³/mol. The molecule has 0 radical (unpaired) electrons. The van der Waals surface area contributed by atoms with E-state index in [1.54, 1.807) is 0 Å². The monoisotopic (exact) mass is 397 g/mol. The first kappa shape index (κ1) is 18.6. The van der Waals surface area contributed by atoms with Crippen molar-refractivity contribution in [1.29, 1.82) is 0 Å². The van der Waals surface area contributed by atoms with Gasteiger partial charge in [0, 0.05) is 5.69 Å². The van der Waals surface area contributed by atoms with Gasteiger partial charge < -0.3 is 15.4 Å². The summed E-state index contributed by atoms with van der Waals surface area (Å²) in [6, 6.07) is 24.8. The van der Waals surface area contributed by atoms with Crippen LogP contribution in [0.4, 0.5) is 5.69 Å². The lowest BCUT2D eigenvalue weighted by Crippen LogP contribution is -2.34. The second-order valence-corrected chi connectivity index (χ2v) is 7.72. The zero-order valence-electron chi connectivity index (χ0n) is 16.6. The van der Waals surface area contributed by atoms with E-state index in [9.17, 15) is 4.79 Å². The van der Waals surface area contributed by atoms with Gasteiger partial charge in [0.1, 0.15) is 0 Å². The summed E-state index contributed by atoms with van der Waals surface area (Å²) < 4.78 is 5.44. The summed E-state index contributed by atoms with van der Waals surface area (Å²) in [4.78, 5) is 17.1. The minimum atomic E-state index is -0.211. The van der Waals surface area contributed by atoms with E-state index in [-0.39, 0.29) is 11.9 Å². The van der Waals surface area contributed by atoms with Gasteiger partial charge in [-0.3, -0.25) is 9.79 Å². The van der Waals surface area contributed by atoms with Crippen molar-refractivity contribution in [2.45, 2.75) is 25.7 Å². The summed E-state index contributed by atoms with van der Waals surface area (Å²) >= 11 is 0. The zero-order valence-corrected chi connectivity index (χ0v) is 16.6. The Labute approximate surface area is 175 Å². The van der Waals surface area contributed by atoms with Crippen LogP contribution >= 0.6 is 0 Å². The zero-order chi connectivity index (χ0) is 20.3. The number of ether oxygens (including phenoxy) is 1. The third kappa shape index (κ3) is 3.98. The molecule has 1 amide bonds. The van der Waals surface area contributed by atoms with Gasteiger partial charge in [0.2, 0.25) is 0 Å². The number of hydrogen-bond acceptors (Lipinski definition) is 4. The molecule has 2 aliphatic rings. The van der Waals surface area contributed by atoms with Gasteiger partial charge in [-0.2, -0.15) is 0 Å². The van der Waals surface area contributed by atoms with E-state index < -0.39 is 0 Å². The van der Waals surface area contributed by atoms with Crippen LogP contribution in [0.25, 0.3) is 0 Å². The molecule has 0 fully saturated rings. The molecule has 0 saturated heterocycles. The molecule has 0 bridgehead atoms. The van der Waals surface area contributed by atoms with Crippen molar-refractivity contribution in [2.75, 3.05) is 11.9 Å². The van der Waals surface area contributed by atoms with Crippen LogP contribution < -0.4 is 10.6 Å². The highest BCUT2D eigenvalue weighted by Crippen LogP contribution is 2.24. The topological polar surface area (TPSA) is 62.7 Å². The lowest BCUT2D eigenvalue weighted by molar-refractivity contribution is -0.110. The van der Waals surface area contributed by atoms with Crippen molar-refractivity contribution in [1.82, 2.24) is 5.32 Å². The van der Waals surface area contributed by atoms with Crippen LogP contribution in [0.5, 0.6) is 0 Å². The van der Waals surface area contributed by atoms with Gasteiger partial charge in [-0.05, 0) is 46.4 Å². The molecular weight excluding hydrogens is 374 g/mol. The van der Waals surface area contributed by atoms with Gasteiger partial charge in [-0.1, -0.05) is 60.7 Å². The van der Waals surface area contributed by atoms with Crippen molar-refractivity contribution < 1.29 is 9.53 Å². The van der Waals surface area contributed by atoms with Crippen LogP contribution in [0.3, 0.4) is 0 Å². The quantitative estimate of drug-likeness (QED) is 0.684. The van der Waals surface area contributed by atoms with Crippen LogP contribution in [0.2, 0.25) is 0 Å². The summed E-state index contributed by atoms with van der Waals surface area (Å²) in [5.74, 6) is 0.169. The molecule has 0 aliphatic carbocycles. The van der Waals surface area contributed by atoms with E-state index in [2.05, 4.69) is 64.2 Å². The molecule has 3 aromatic carbocycles. The minimum absolute atomic E-state index is 0.00916.